The van der Waals surface area contributed by atoms with Crippen molar-refractivity contribution < 1.29 is 23.1 Å². The SMILES string of the molecule is O=C(O)[C@H]1C[C@H](C(F)(F)F)CC2(C1)SCCCS2. The molecule has 1 aliphatic heterocycles. The van der Waals surface area contributed by atoms with Crippen LogP contribution in [0.15, 0.2) is 0 Å². The summed E-state index contributed by atoms with van der Waals surface area (Å²) in [4.78, 5) is 11.1. The lowest BCUT2D eigenvalue weighted by Crippen LogP contribution is -2.43. The van der Waals surface area contributed by atoms with Gasteiger partial charge in [-0.2, -0.15) is 13.2 Å². The molecule has 2 rings (SSSR count). The third-order valence-electron chi connectivity index (χ3n) is 3.51. The zero-order chi connectivity index (χ0) is 13.4. The Morgan fingerprint density at radius 3 is 2.33 bits per heavy atom. The minimum Gasteiger partial charge on any atom is -0.481 e. The molecule has 7 heteroatoms. The molecule has 1 aliphatic carbocycles. The van der Waals surface area contributed by atoms with Crippen LogP contribution in [0.3, 0.4) is 0 Å². The van der Waals surface area contributed by atoms with Gasteiger partial charge in [0.15, 0.2) is 0 Å². The van der Waals surface area contributed by atoms with Gasteiger partial charge in [0, 0.05) is 0 Å². The molecule has 0 bridgehead atoms. The second kappa shape index (κ2) is 5.15. The number of carboxylic acids is 1. The Hall–Kier alpha value is -0.0400. The maximum absolute atomic E-state index is 12.9. The molecule has 18 heavy (non-hydrogen) atoms. The van der Waals surface area contributed by atoms with Gasteiger partial charge in [0.05, 0.1) is 15.9 Å². The van der Waals surface area contributed by atoms with Crippen LogP contribution in [0.4, 0.5) is 13.2 Å². The second-order valence-electron chi connectivity index (χ2n) is 4.88. The number of alkyl halides is 3. The molecular formula is C11H15F3O2S2. The summed E-state index contributed by atoms with van der Waals surface area (Å²) in [6, 6.07) is 0. The smallest absolute Gasteiger partial charge is 0.391 e. The summed E-state index contributed by atoms with van der Waals surface area (Å²) in [7, 11) is 0. The number of halogens is 3. The first-order valence-corrected chi connectivity index (χ1v) is 7.87. The molecule has 104 valence electrons. The highest BCUT2D eigenvalue weighted by molar-refractivity contribution is 8.18. The molecule has 1 spiro atoms. The summed E-state index contributed by atoms with van der Waals surface area (Å²) in [6.45, 7) is 0. The normalized spacial score (nSPS) is 32.4. The van der Waals surface area contributed by atoms with E-state index in [9.17, 15) is 18.0 Å². The van der Waals surface area contributed by atoms with Gasteiger partial charge < -0.3 is 5.11 Å². The lowest BCUT2D eigenvalue weighted by atomic mass is 9.80. The predicted molar refractivity (Wildman–Crippen MR) is 66.8 cm³/mol. The highest BCUT2D eigenvalue weighted by Gasteiger charge is 2.52. The van der Waals surface area contributed by atoms with Gasteiger partial charge in [-0.15, -0.1) is 23.5 Å². The molecule has 0 unspecified atom stereocenters. The largest absolute Gasteiger partial charge is 0.481 e. The molecule has 0 amide bonds. The summed E-state index contributed by atoms with van der Waals surface area (Å²) in [5.41, 5.74) is 0. The van der Waals surface area contributed by atoms with Crippen molar-refractivity contribution in [3.05, 3.63) is 0 Å². The van der Waals surface area contributed by atoms with Gasteiger partial charge in [0.2, 0.25) is 0 Å². The average molecular weight is 300 g/mol. The Bertz CT molecular complexity index is 327. The van der Waals surface area contributed by atoms with Crippen LogP contribution in [-0.4, -0.2) is 32.8 Å². The van der Waals surface area contributed by atoms with Gasteiger partial charge >= 0.3 is 12.1 Å². The summed E-state index contributed by atoms with van der Waals surface area (Å²) < 4.78 is 38.2. The number of hydrogen-bond donors (Lipinski definition) is 1. The van der Waals surface area contributed by atoms with Crippen LogP contribution in [-0.2, 0) is 4.79 Å². The molecule has 2 fully saturated rings. The first kappa shape index (κ1) is 14.4. The lowest BCUT2D eigenvalue weighted by Gasteiger charge is -2.44. The number of rotatable bonds is 1. The maximum Gasteiger partial charge on any atom is 0.391 e. The first-order chi connectivity index (χ1) is 8.32. The summed E-state index contributed by atoms with van der Waals surface area (Å²) in [6.07, 6.45) is -3.12. The van der Waals surface area contributed by atoms with Crippen molar-refractivity contribution in [2.75, 3.05) is 11.5 Å². The zero-order valence-corrected chi connectivity index (χ0v) is 11.3. The molecule has 0 radical (unpaired) electrons. The fourth-order valence-electron chi connectivity index (χ4n) is 2.63. The quantitative estimate of drug-likeness (QED) is 0.802. The molecule has 1 N–H and O–H groups in total. The van der Waals surface area contributed by atoms with Crippen LogP contribution in [0.25, 0.3) is 0 Å². The van der Waals surface area contributed by atoms with Crippen molar-refractivity contribution in [2.24, 2.45) is 11.8 Å². The average Bonchev–Trinajstić information content (AvgIpc) is 2.28. The van der Waals surface area contributed by atoms with Gasteiger partial charge in [0.25, 0.3) is 0 Å². The van der Waals surface area contributed by atoms with E-state index in [1.165, 1.54) is 23.5 Å². The van der Waals surface area contributed by atoms with Crippen LogP contribution >= 0.6 is 23.5 Å². The van der Waals surface area contributed by atoms with Gasteiger partial charge in [-0.1, -0.05) is 0 Å². The predicted octanol–water partition coefficient (Wildman–Crippen LogP) is 3.62. The van der Waals surface area contributed by atoms with E-state index in [0.29, 0.717) is 6.42 Å². The minimum absolute atomic E-state index is 0.0651. The summed E-state index contributed by atoms with van der Waals surface area (Å²) in [5, 5.41) is 9.05. The fraction of sp³-hybridized carbons (Fsp3) is 0.909. The van der Waals surface area contributed by atoms with E-state index >= 15 is 0 Å². The molecule has 0 aromatic rings. The molecule has 2 nitrogen and oxygen atoms in total. The van der Waals surface area contributed by atoms with Crippen LogP contribution < -0.4 is 0 Å². The number of carbonyl (C=O) groups is 1. The molecule has 0 aromatic heterocycles. The number of hydrogen-bond acceptors (Lipinski definition) is 3. The van der Waals surface area contributed by atoms with E-state index in [1.54, 1.807) is 0 Å². The van der Waals surface area contributed by atoms with Crippen LogP contribution in [0.1, 0.15) is 25.7 Å². The Labute approximate surface area is 112 Å². The van der Waals surface area contributed by atoms with E-state index in [-0.39, 0.29) is 12.8 Å². The highest BCUT2D eigenvalue weighted by Crippen LogP contribution is 2.56. The lowest BCUT2D eigenvalue weighted by molar-refractivity contribution is -0.188. The Morgan fingerprint density at radius 1 is 1.22 bits per heavy atom. The Kier molecular flexibility index (Phi) is 4.11. The van der Waals surface area contributed by atoms with Crippen molar-refractivity contribution in [3.8, 4) is 0 Å². The van der Waals surface area contributed by atoms with E-state index in [4.69, 9.17) is 5.11 Å². The number of aliphatic carboxylic acids is 1. The zero-order valence-electron chi connectivity index (χ0n) is 9.70. The van der Waals surface area contributed by atoms with E-state index in [0.717, 1.165) is 17.9 Å². The van der Waals surface area contributed by atoms with Crippen molar-refractivity contribution in [1.82, 2.24) is 0 Å². The topological polar surface area (TPSA) is 37.3 Å². The highest BCUT2D eigenvalue weighted by atomic mass is 32.2. The Balaban J connectivity index is 2.18. The molecule has 2 aliphatic rings. The summed E-state index contributed by atoms with van der Waals surface area (Å²) >= 11 is 3.05. The third-order valence-corrected chi connectivity index (χ3v) is 6.93. The molecule has 1 heterocycles. The van der Waals surface area contributed by atoms with Gasteiger partial charge in [0.1, 0.15) is 0 Å². The fourth-order valence-corrected chi connectivity index (χ4v) is 6.25. The molecular weight excluding hydrogens is 285 g/mol. The van der Waals surface area contributed by atoms with E-state index in [1.807, 2.05) is 0 Å². The van der Waals surface area contributed by atoms with Crippen molar-refractivity contribution in [3.63, 3.8) is 0 Å². The van der Waals surface area contributed by atoms with E-state index < -0.39 is 28.1 Å². The molecule has 0 aromatic carbocycles. The van der Waals surface area contributed by atoms with Gasteiger partial charge in [-0.25, -0.2) is 0 Å². The van der Waals surface area contributed by atoms with Gasteiger partial charge in [-0.05, 0) is 37.2 Å². The standard InChI is InChI=1S/C11H15F3O2S2/c12-11(13,14)8-4-7(9(15)16)5-10(6-8)17-2-1-3-18-10/h7-8H,1-6H2,(H,15,16)/t7-,8-/m0/s1. The van der Waals surface area contributed by atoms with Crippen LogP contribution in [0.5, 0.6) is 0 Å². The van der Waals surface area contributed by atoms with Crippen molar-refractivity contribution >= 4 is 29.5 Å². The van der Waals surface area contributed by atoms with E-state index in [2.05, 4.69) is 0 Å². The molecule has 1 saturated carbocycles. The Morgan fingerprint density at radius 2 is 1.83 bits per heavy atom. The van der Waals surface area contributed by atoms with Gasteiger partial charge in [-0.3, -0.25) is 4.79 Å². The minimum atomic E-state index is -4.28. The molecule has 2 atom stereocenters. The van der Waals surface area contributed by atoms with Crippen molar-refractivity contribution in [2.45, 2.75) is 35.9 Å². The summed E-state index contributed by atoms with van der Waals surface area (Å²) in [5.74, 6) is -1.74. The first-order valence-electron chi connectivity index (χ1n) is 5.90. The second-order valence-corrected chi connectivity index (χ2v) is 8.09. The van der Waals surface area contributed by atoms with Crippen LogP contribution in [0.2, 0.25) is 0 Å². The van der Waals surface area contributed by atoms with Crippen LogP contribution in [0, 0.1) is 11.8 Å². The number of thioether (sulfide) groups is 2. The third kappa shape index (κ3) is 3.10. The maximum atomic E-state index is 12.9. The molecule has 1 saturated heterocycles. The number of carboxylic acid groups (broad SMARTS) is 1. The van der Waals surface area contributed by atoms with Crippen molar-refractivity contribution in [1.29, 1.82) is 0 Å². The monoisotopic (exact) mass is 300 g/mol.